The van der Waals surface area contributed by atoms with Crippen molar-refractivity contribution in [1.82, 2.24) is 28.5 Å². The highest BCUT2D eigenvalue weighted by molar-refractivity contribution is 7.86. The number of amides is 1. The predicted molar refractivity (Wildman–Crippen MR) is 118 cm³/mol. The van der Waals surface area contributed by atoms with Crippen LogP contribution in [0.5, 0.6) is 0 Å². The summed E-state index contributed by atoms with van der Waals surface area (Å²) in [7, 11) is -1.85. The first-order chi connectivity index (χ1) is 15.4. The number of hydrogen-bond donors (Lipinski definition) is 0. The molecule has 182 valence electrons. The summed E-state index contributed by atoms with van der Waals surface area (Å²) in [6.07, 6.45) is 6.27. The molecule has 0 radical (unpaired) electrons. The zero-order valence-corrected chi connectivity index (χ0v) is 20.2. The first kappa shape index (κ1) is 25.0. The van der Waals surface area contributed by atoms with Gasteiger partial charge in [0, 0.05) is 52.5 Å². The minimum absolute atomic E-state index is 0.0700. The molecule has 1 amide bonds. The van der Waals surface area contributed by atoms with Crippen LogP contribution >= 0.6 is 0 Å². The van der Waals surface area contributed by atoms with Gasteiger partial charge in [-0.3, -0.25) is 4.79 Å². The van der Waals surface area contributed by atoms with Crippen LogP contribution in [-0.2, 0) is 26.2 Å². The normalized spacial score (nSPS) is 19.2. The molecule has 1 aliphatic heterocycles. The molecule has 0 spiro atoms. The van der Waals surface area contributed by atoms with Gasteiger partial charge in [-0.15, -0.1) is 5.10 Å². The van der Waals surface area contributed by atoms with E-state index in [9.17, 15) is 13.2 Å². The molecule has 0 atom stereocenters. The molecule has 11 nitrogen and oxygen atoms in total. The van der Waals surface area contributed by atoms with E-state index in [1.165, 1.54) is 19.7 Å². The van der Waals surface area contributed by atoms with Crippen molar-refractivity contribution in [3.8, 4) is 0 Å². The SMILES string of the molecule is CCOC(Cn1cc(C(=O)N2CCN(S(=O)(=O)N(C)C3CCCCC3)CC2)nn1)OCC. The van der Waals surface area contributed by atoms with Gasteiger partial charge in [-0.2, -0.15) is 17.0 Å². The molecule has 2 heterocycles. The fraction of sp³-hybridized carbons (Fsp3) is 0.850. The molecule has 0 unspecified atom stereocenters. The molecule has 0 aromatic carbocycles. The number of aromatic nitrogens is 3. The Bertz CT molecular complexity index is 827. The second kappa shape index (κ2) is 11.5. The van der Waals surface area contributed by atoms with Gasteiger partial charge in [-0.05, 0) is 26.7 Å². The summed E-state index contributed by atoms with van der Waals surface area (Å²) in [6.45, 7) is 6.31. The lowest BCUT2D eigenvalue weighted by molar-refractivity contribution is -0.145. The maximum atomic E-state index is 13.0. The third-order valence-corrected chi connectivity index (χ3v) is 8.15. The van der Waals surface area contributed by atoms with Crippen molar-refractivity contribution < 1.29 is 22.7 Å². The number of piperazine rings is 1. The van der Waals surface area contributed by atoms with Gasteiger partial charge in [-0.1, -0.05) is 24.5 Å². The number of carbonyl (C=O) groups excluding carboxylic acids is 1. The van der Waals surface area contributed by atoms with Crippen LogP contribution in [-0.4, -0.2) is 102 Å². The summed E-state index contributed by atoms with van der Waals surface area (Å²) in [6, 6.07) is 0.0700. The molecule has 0 bridgehead atoms. The average Bonchev–Trinajstić information content (AvgIpc) is 3.27. The lowest BCUT2D eigenvalue weighted by Crippen LogP contribution is -2.55. The van der Waals surface area contributed by atoms with Crippen molar-refractivity contribution in [2.45, 2.75) is 64.8 Å². The van der Waals surface area contributed by atoms with Crippen molar-refractivity contribution in [2.24, 2.45) is 0 Å². The van der Waals surface area contributed by atoms with Crippen molar-refractivity contribution in [3.63, 3.8) is 0 Å². The Hall–Kier alpha value is -1.60. The Morgan fingerprint density at radius 1 is 1.12 bits per heavy atom. The molecular weight excluding hydrogens is 436 g/mol. The average molecular weight is 473 g/mol. The Kier molecular flexibility index (Phi) is 9.00. The van der Waals surface area contributed by atoms with E-state index in [4.69, 9.17) is 9.47 Å². The van der Waals surface area contributed by atoms with Crippen LogP contribution in [0.1, 0.15) is 56.4 Å². The van der Waals surface area contributed by atoms with Crippen molar-refractivity contribution in [3.05, 3.63) is 11.9 Å². The minimum atomic E-state index is -3.53. The Morgan fingerprint density at radius 2 is 1.75 bits per heavy atom. The third kappa shape index (κ3) is 6.04. The van der Waals surface area contributed by atoms with Crippen LogP contribution in [0.15, 0.2) is 6.20 Å². The maximum Gasteiger partial charge on any atom is 0.282 e. The predicted octanol–water partition coefficient (Wildman–Crippen LogP) is 0.944. The van der Waals surface area contributed by atoms with Gasteiger partial charge >= 0.3 is 0 Å². The molecule has 1 aliphatic carbocycles. The Morgan fingerprint density at radius 3 is 2.34 bits per heavy atom. The minimum Gasteiger partial charge on any atom is -0.351 e. The molecule has 32 heavy (non-hydrogen) atoms. The molecule has 1 aromatic rings. The molecule has 1 saturated heterocycles. The number of nitrogens with zero attached hydrogens (tertiary/aromatic N) is 6. The zero-order chi connectivity index (χ0) is 23.1. The maximum absolute atomic E-state index is 13.0. The van der Waals surface area contributed by atoms with Crippen molar-refractivity contribution in [2.75, 3.05) is 46.4 Å². The highest BCUT2D eigenvalue weighted by Crippen LogP contribution is 2.25. The van der Waals surface area contributed by atoms with E-state index in [1.807, 2.05) is 13.8 Å². The van der Waals surface area contributed by atoms with Gasteiger partial charge < -0.3 is 14.4 Å². The van der Waals surface area contributed by atoms with Crippen LogP contribution in [0.25, 0.3) is 0 Å². The van der Waals surface area contributed by atoms with Gasteiger partial charge in [0.15, 0.2) is 12.0 Å². The lowest BCUT2D eigenvalue weighted by atomic mass is 9.96. The first-order valence-electron chi connectivity index (χ1n) is 11.5. The molecule has 3 rings (SSSR count). The van der Waals surface area contributed by atoms with E-state index in [1.54, 1.807) is 18.1 Å². The van der Waals surface area contributed by atoms with Gasteiger partial charge in [0.25, 0.3) is 16.1 Å². The second-order valence-corrected chi connectivity index (χ2v) is 10.2. The quantitative estimate of drug-likeness (QED) is 0.466. The Labute approximate surface area is 190 Å². The van der Waals surface area contributed by atoms with Crippen LogP contribution < -0.4 is 0 Å². The fourth-order valence-corrected chi connectivity index (χ4v) is 5.84. The number of rotatable bonds is 10. The van der Waals surface area contributed by atoms with E-state index in [2.05, 4.69) is 10.3 Å². The smallest absolute Gasteiger partial charge is 0.282 e. The lowest BCUT2D eigenvalue weighted by Gasteiger charge is -2.38. The summed E-state index contributed by atoms with van der Waals surface area (Å²) in [5.41, 5.74) is 0.229. The van der Waals surface area contributed by atoms with Crippen LogP contribution in [0.3, 0.4) is 0 Å². The second-order valence-electron chi connectivity index (χ2n) is 8.17. The molecule has 1 saturated carbocycles. The molecule has 12 heteroatoms. The van der Waals surface area contributed by atoms with Gasteiger partial charge in [0.05, 0.1) is 12.7 Å². The van der Waals surface area contributed by atoms with Crippen LogP contribution in [0, 0.1) is 0 Å². The van der Waals surface area contributed by atoms with Gasteiger partial charge in [0.1, 0.15) is 0 Å². The molecule has 0 N–H and O–H groups in total. The number of ether oxygens (including phenoxy) is 2. The largest absolute Gasteiger partial charge is 0.351 e. The van der Waals surface area contributed by atoms with Crippen molar-refractivity contribution >= 4 is 16.1 Å². The monoisotopic (exact) mass is 472 g/mol. The fourth-order valence-electron chi connectivity index (χ4n) is 4.26. The van der Waals surface area contributed by atoms with E-state index in [-0.39, 0.29) is 30.7 Å². The van der Waals surface area contributed by atoms with E-state index >= 15 is 0 Å². The highest BCUT2D eigenvalue weighted by atomic mass is 32.2. The van der Waals surface area contributed by atoms with Gasteiger partial charge in [-0.25, -0.2) is 4.68 Å². The molecule has 1 aromatic heterocycles. The van der Waals surface area contributed by atoms with Crippen LogP contribution in [0.4, 0.5) is 0 Å². The standard InChI is InChI=1S/C20H36N6O5S/c1-4-30-19(31-5-2)16-25-15-18(21-22-25)20(27)24-11-13-26(14-12-24)32(28,29)23(3)17-9-7-6-8-10-17/h15,17,19H,4-14,16H2,1-3H3. The zero-order valence-electron chi connectivity index (χ0n) is 19.4. The summed E-state index contributed by atoms with van der Waals surface area (Å²) in [4.78, 5) is 14.5. The molecular formula is C20H36N6O5S. The van der Waals surface area contributed by atoms with Crippen LogP contribution in [0.2, 0.25) is 0 Å². The highest BCUT2D eigenvalue weighted by Gasteiger charge is 2.35. The first-order valence-corrected chi connectivity index (χ1v) is 12.9. The summed E-state index contributed by atoms with van der Waals surface area (Å²) in [5, 5.41) is 8.00. The van der Waals surface area contributed by atoms with Crippen molar-refractivity contribution in [1.29, 1.82) is 0 Å². The topological polar surface area (TPSA) is 110 Å². The summed E-state index contributed by atoms with van der Waals surface area (Å²) < 4.78 is 41.6. The summed E-state index contributed by atoms with van der Waals surface area (Å²) >= 11 is 0. The summed E-state index contributed by atoms with van der Waals surface area (Å²) in [5.74, 6) is -0.252. The third-order valence-electron chi connectivity index (χ3n) is 6.10. The van der Waals surface area contributed by atoms with E-state index in [0.717, 1.165) is 25.7 Å². The van der Waals surface area contributed by atoms with E-state index in [0.29, 0.717) is 32.8 Å². The molecule has 2 aliphatic rings. The molecule has 2 fully saturated rings. The van der Waals surface area contributed by atoms with Gasteiger partial charge in [0.2, 0.25) is 0 Å². The van der Waals surface area contributed by atoms with E-state index < -0.39 is 16.5 Å². The number of hydrogen-bond acceptors (Lipinski definition) is 7. The Balaban J connectivity index is 1.54. The number of carbonyl (C=O) groups is 1.